The Morgan fingerprint density at radius 2 is 2.04 bits per heavy atom. The average molecular weight is 318 g/mol. The number of ether oxygens (including phenoxy) is 1. The van der Waals surface area contributed by atoms with Gasteiger partial charge in [0.2, 0.25) is 5.91 Å². The summed E-state index contributed by atoms with van der Waals surface area (Å²) in [5.41, 5.74) is 1.99. The molecular weight excluding hydrogens is 292 g/mol. The third kappa shape index (κ3) is 5.67. The van der Waals surface area contributed by atoms with Gasteiger partial charge in [0.15, 0.2) is 0 Å². The van der Waals surface area contributed by atoms with Crippen LogP contribution in [0.2, 0.25) is 0 Å². The molecule has 0 aliphatic carbocycles. The number of rotatable bonds is 6. The number of likely N-dealkylation sites (tertiary alicyclic amines) is 1. The maximum atomic E-state index is 12.0. The van der Waals surface area contributed by atoms with Crippen LogP contribution in [0, 0.1) is 12.8 Å². The first-order valence-corrected chi connectivity index (χ1v) is 8.34. The van der Waals surface area contributed by atoms with Crippen molar-refractivity contribution in [2.24, 2.45) is 5.92 Å². The summed E-state index contributed by atoms with van der Waals surface area (Å²) >= 11 is 0. The van der Waals surface area contributed by atoms with Gasteiger partial charge in [-0.2, -0.15) is 0 Å². The second-order valence-electron chi connectivity index (χ2n) is 6.06. The molecule has 1 aliphatic rings. The van der Waals surface area contributed by atoms with Gasteiger partial charge in [-0.3, -0.25) is 9.59 Å². The van der Waals surface area contributed by atoms with Crippen molar-refractivity contribution >= 4 is 17.6 Å². The van der Waals surface area contributed by atoms with Crippen LogP contribution in [-0.4, -0.2) is 43.0 Å². The first-order valence-electron chi connectivity index (χ1n) is 8.34. The number of anilines is 1. The number of piperidine rings is 1. The minimum Gasteiger partial charge on any atom is -0.466 e. The molecule has 1 aromatic rings. The number of esters is 1. The normalized spacial score (nSPS) is 18.4. The number of amides is 1. The van der Waals surface area contributed by atoms with Gasteiger partial charge in [-0.25, -0.2) is 0 Å². The van der Waals surface area contributed by atoms with Crippen molar-refractivity contribution in [3.8, 4) is 0 Å². The monoisotopic (exact) mass is 318 g/mol. The van der Waals surface area contributed by atoms with E-state index in [1.807, 2.05) is 38.1 Å². The molecule has 0 unspecified atom stereocenters. The summed E-state index contributed by atoms with van der Waals surface area (Å²) in [6, 6.07) is 7.77. The second-order valence-corrected chi connectivity index (χ2v) is 6.06. The lowest BCUT2D eigenvalue weighted by molar-refractivity contribution is -0.149. The average Bonchev–Trinajstić information content (AvgIpc) is 2.56. The molecule has 2 rings (SSSR count). The fourth-order valence-corrected chi connectivity index (χ4v) is 2.83. The van der Waals surface area contributed by atoms with Crippen LogP contribution in [-0.2, 0) is 14.3 Å². The zero-order valence-electron chi connectivity index (χ0n) is 14.0. The van der Waals surface area contributed by atoms with Crippen LogP contribution < -0.4 is 5.32 Å². The lowest BCUT2D eigenvalue weighted by atomic mass is 9.98. The van der Waals surface area contributed by atoms with Crippen molar-refractivity contribution < 1.29 is 14.3 Å². The predicted octanol–water partition coefficient (Wildman–Crippen LogP) is 2.60. The molecule has 126 valence electrons. The summed E-state index contributed by atoms with van der Waals surface area (Å²) in [7, 11) is 0. The molecule has 0 radical (unpaired) electrons. The summed E-state index contributed by atoms with van der Waals surface area (Å²) in [6.07, 6.45) is 2.29. The van der Waals surface area contributed by atoms with Gasteiger partial charge in [0.1, 0.15) is 0 Å². The van der Waals surface area contributed by atoms with Crippen molar-refractivity contribution in [3.63, 3.8) is 0 Å². The highest BCUT2D eigenvalue weighted by Crippen LogP contribution is 2.18. The first kappa shape index (κ1) is 17.5. The Kier molecular flexibility index (Phi) is 6.59. The Bertz CT molecular complexity index is 528. The number of nitrogens with one attached hydrogen (secondary N) is 1. The van der Waals surface area contributed by atoms with E-state index in [9.17, 15) is 9.59 Å². The Morgan fingerprint density at radius 3 is 2.74 bits per heavy atom. The van der Waals surface area contributed by atoms with Crippen molar-refractivity contribution in [2.45, 2.75) is 33.1 Å². The number of hydrogen-bond donors (Lipinski definition) is 1. The Morgan fingerprint density at radius 1 is 1.30 bits per heavy atom. The Labute approximate surface area is 138 Å². The fourth-order valence-electron chi connectivity index (χ4n) is 2.83. The van der Waals surface area contributed by atoms with E-state index in [1.165, 1.54) is 5.56 Å². The van der Waals surface area contributed by atoms with Gasteiger partial charge in [-0.05, 0) is 45.4 Å². The van der Waals surface area contributed by atoms with Crippen molar-refractivity contribution in [1.29, 1.82) is 0 Å². The van der Waals surface area contributed by atoms with Crippen LogP contribution in [0.4, 0.5) is 5.69 Å². The van der Waals surface area contributed by atoms with Gasteiger partial charge in [0, 0.05) is 25.2 Å². The van der Waals surface area contributed by atoms with E-state index >= 15 is 0 Å². The van der Waals surface area contributed by atoms with Crippen LogP contribution >= 0.6 is 0 Å². The molecule has 1 atom stereocenters. The van der Waals surface area contributed by atoms with Crippen molar-refractivity contribution in [1.82, 2.24) is 4.90 Å². The number of nitrogens with zero attached hydrogens (tertiary/aromatic N) is 1. The summed E-state index contributed by atoms with van der Waals surface area (Å²) in [4.78, 5) is 26.0. The van der Waals surface area contributed by atoms with E-state index in [0.29, 0.717) is 26.1 Å². The van der Waals surface area contributed by atoms with Gasteiger partial charge in [0.25, 0.3) is 0 Å². The molecular formula is C18H26N2O3. The van der Waals surface area contributed by atoms with Gasteiger partial charge in [-0.1, -0.05) is 17.7 Å². The molecule has 0 aromatic heterocycles. The molecule has 0 saturated carbocycles. The largest absolute Gasteiger partial charge is 0.466 e. The predicted molar refractivity (Wildman–Crippen MR) is 90.2 cm³/mol. The van der Waals surface area contributed by atoms with E-state index in [2.05, 4.69) is 10.2 Å². The number of benzene rings is 1. The fraction of sp³-hybridized carbons (Fsp3) is 0.556. The maximum absolute atomic E-state index is 12.0. The van der Waals surface area contributed by atoms with Crippen LogP contribution in [0.5, 0.6) is 0 Å². The minimum absolute atomic E-state index is 0.00658. The molecule has 1 amide bonds. The molecule has 5 heteroatoms. The van der Waals surface area contributed by atoms with Crippen LogP contribution in [0.3, 0.4) is 0 Å². The topological polar surface area (TPSA) is 58.6 Å². The van der Waals surface area contributed by atoms with Gasteiger partial charge >= 0.3 is 5.97 Å². The molecule has 0 spiro atoms. The quantitative estimate of drug-likeness (QED) is 0.819. The summed E-state index contributed by atoms with van der Waals surface area (Å²) in [5, 5.41) is 2.91. The van der Waals surface area contributed by atoms with E-state index in [1.54, 1.807) is 0 Å². The smallest absolute Gasteiger partial charge is 0.310 e. The molecule has 5 nitrogen and oxygen atoms in total. The summed E-state index contributed by atoms with van der Waals surface area (Å²) < 4.78 is 5.10. The summed E-state index contributed by atoms with van der Waals surface area (Å²) in [5.74, 6) is -0.155. The van der Waals surface area contributed by atoms with Gasteiger partial charge < -0.3 is 15.0 Å². The molecule has 1 heterocycles. The van der Waals surface area contributed by atoms with Gasteiger partial charge in [0.05, 0.1) is 12.5 Å². The molecule has 1 N–H and O–H groups in total. The van der Waals surface area contributed by atoms with Crippen LogP contribution in [0.15, 0.2) is 24.3 Å². The number of aryl methyl sites for hydroxylation is 1. The molecule has 1 saturated heterocycles. The lowest BCUT2D eigenvalue weighted by Gasteiger charge is -2.31. The molecule has 0 bridgehead atoms. The molecule has 1 fully saturated rings. The van der Waals surface area contributed by atoms with Crippen LogP contribution in [0.1, 0.15) is 31.7 Å². The lowest BCUT2D eigenvalue weighted by Crippen LogP contribution is -2.40. The standard InChI is InChI=1S/C18H26N2O3/c1-3-23-18(22)15-5-4-11-20(13-15)12-10-17(21)19-16-8-6-14(2)7-9-16/h6-9,15H,3-5,10-13H2,1-2H3,(H,19,21)/t15-/m0/s1. The number of carbonyl (C=O) groups excluding carboxylic acids is 2. The SMILES string of the molecule is CCOC(=O)[C@H]1CCCN(CCC(=O)Nc2ccc(C)cc2)C1. The molecule has 23 heavy (non-hydrogen) atoms. The van der Waals surface area contributed by atoms with Crippen molar-refractivity contribution in [3.05, 3.63) is 29.8 Å². The molecule has 1 aliphatic heterocycles. The molecule has 1 aromatic carbocycles. The van der Waals surface area contributed by atoms with Gasteiger partial charge in [-0.15, -0.1) is 0 Å². The first-order chi connectivity index (χ1) is 11.1. The van der Waals surface area contributed by atoms with E-state index in [-0.39, 0.29) is 17.8 Å². The number of hydrogen-bond acceptors (Lipinski definition) is 4. The Hall–Kier alpha value is -1.88. The maximum Gasteiger partial charge on any atom is 0.310 e. The zero-order valence-corrected chi connectivity index (χ0v) is 14.0. The van der Waals surface area contributed by atoms with E-state index in [0.717, 1.165) is 25.1 Å². The number of carbonyl (C=O) groups is 2. The van der Waals surface area contributed by atoms with E-state index < -0.39 is 0 Å². The minimum atomic E-state index is -0.110. The second kappa shape index (κ2) is 8.67. The van der Waals surface area contributed by atoms with Crippen molar-refractivity contribution in [2.75, 3.05) is 31.6 Å². The third-order valence-corrected chi connectivity index (χ3v) is 4.12. The van der Waals surface area contributed by atoms with Crippen LogP contribution in [0.25, 0.3) is 0 Å². The zero-order chi connectivity index (χ0) is 16.7. The van der Waals surface area contributed by atoms with E-state index in [4.69, 9.17) is 4.74 Å². The Balaban J connectivity index is 1.75. The third-order valence-electron chi connectivity index (χ3n) is 4.12. The highest BCUT2D eigenvalue weighted by Gasteiger charge is 2.26. The highest BCUT2D eigenvalue weighted by atomic mass is 16.5. The summed E-state index contributed by atoms with van der Waals surface area (Å²) in [6.45, 7) is 6.57. The highest BCUT2D eigenvalue weighted by molar-refractivity contribution is 5.90.